The Balaban J connectivity index is 2.62. The molecule has 0 fully saturated rings. The van der Waals surface area contributed by atoms with Crippen molar-refractivity contribution in [3.63, 3.8) is 0 Å². The van der Waals surface area contributed by atoms with Gasteiger partial charge in [-0.25, -0.2) is 0 Å². The lowest BCUT2D eigenvalue weighted by molar-refractivity contribution is -0.123. The molecule has 2 atom stereocenters. The lowest BCUT2D eigenvalue weighted by atomic mass is 10.1. The first-order valence-corrected chi connectivity index (χ1v) is 5.67. The fraction of sp³-hybridized carbons (Fsp3) is 0.462. The number of aryl methyl sites for hydroxylation is 1. The van der Waals surface area contributed by atoms with Crippen molar-refractivity contribution in [2.75, 3.05) is 0 Å². The van der Waals surface area contributed by atoms with Crippen LogP contribution >= 0.6 is 0 Å². The number of nitrogens with one attached hydrogen (secondary N) is 1. The van der Waals surface area contributed by atoms with Crippen LogP contribution in [-0.4, -0.2) is 11.9 Å². The van der Waals surface area contributed by atoms with Crippen LogP contribution in [0.15, 0.2) is 24.3 Å². The van der Waals surface area contributed by atoms with Crippen molar-refractivity contribution in [2.24, 2.45) is 5.73 Å². The summed E-state index contributed by atoms with van der Waals surface area (Å²) >= 11 is 0. The maximum absolute atomic E-state index is 11.6. The van der Waals surface area contributed by atoms with E-state index in [2.05, 4.69) is 5.32 Å². The number of amides is 1. The molecule has 0 aliphatic carbocycles. The first-order valence-electron chi connectivity index (χ1n) is 5.67. The molecule has 0 aromatic heterocycles. The third kappa shape index (κ3) is 3.35. The summed E-state index contributed by atoms with van der Waals surface area (Å²) in [6.45, 7) is 5.91. The Morgan fingerprint density at radius 2 is 1.94 bits per heavy atom. The summed E-state index contributed by atoms with van der Waals surface area (Å²) in [5, 5.41) is 2.90. The Labute approximate surface area is 97.0 Å². The van der Waals surface area contributed by atoms with Crippen LogP contribution in [0.4, 0.5) is 0 Å². The molecule has 3 N–H and O–H groups in total. The van der Waals surface area contributed by atoms with Crippen LogP contribution in [0.2, 0.25) is 0 Å². The van der Waals surface area contributed by atoms with Gasteiger partial charge in [0, 0.05) is 0 Å². The number of hydrogen-bond acceptors (Lipinski definition) is 2. The van der Waals surface area contributed by atoms with Gasteiger partial charge in [-0.05, 0) is 25.8 Å². The van der Waals surface area contributed by atoms with Gasteiger partial charge in [0.05, 0.1) is 12.1 Å². The van der Waals surface area contributed by atoms with E-state index in [4.69, 9.17) is 5.73 Å². The molecule has 0 aliphatic heterocycles. The van der Waals surface area contributed by atoms with Crippen LogP contribution in [0.25, 0.3) is 0 Å². The van der Waals surface area contributed by atoms with E-state index in [1.807, 2.05) is 45.0 Å². The first-order chi connectivity index (χ1) is 7.54. The number of hydrogen-bond donors (Lipinski definition) is 2. The fourth-order valence-corrected chi connectivity index (χ4v) is 1.44. The van der Waals surface area contributed by atoms with Gasteiger partial charge >= 0.3 is 0 Å². The fourth-order valence-electron chi connectivity index (χ4n) is 1.44. The lowest BCUT2D eigenvalue weighted by Crippen LogP contribution is -2.41. The maximum Gasteiger partial charge on any atom is 0.237 e. The van der Waals surface area contributed by atoms with Gasteiger partial charge in [-0.15, -0.1) is 0 Å². The molecular formula is C13H20N2O. The van der Waals surface area contributed by atoms with Gasteiger partial charge < -0.3 is 11.1 Å². The van der Waals surface area contributed by atoms with Crippen LogP contribution < -0.4 is 11.1 Å². The van der Waals surface area contributed by atoms with Gasteiger partial charge in [-0.3, -0.25) is 4.79 Å². The van der Waals surface area contributed by atoms with Crippen LogP contribution in [0.1, 0.15) is 37.4 Å². The largest absolute Gasteiger partial charge is 0.348 e. The summed E-state index contributed by atoms with van der Waals surface area (Å²) in [5.41, 5.74) is 7.97. The zero-order valence-electron chi connectivity index (χ0n) is 10.2. The Kier molecular flexibility index (Phi) is 4.50. The summed E-state index contributed by atoms with van der Waals surface area (Å²) in [6, 6.07) is 7.73. The zero-order valence-corrected chi connectivity index (χ0v) is 10.2. The first kappa shape index (κ1) is 12.7. The van der Waals surface area contributed by atoms with E-state index in [-0.39, 0.29) is 11.9 Å². The summed E-state index contributed by atoms with van der Waals surface area (Å²) in [6.07, 6.45) is 0.659. The molecule has 1 aromatic rings. The van der Waals surface area contributed by atoms with Crippen LogP contribution in [0.5, 0.6) is 0 Å². The number of rotatable bonds is 4. The molecular weight excluding hydrogens is 200 g/mol. The van der Waals surface area contributed by atoms with E-state index in [1.54, 1.807) is 0 Å². The Bertz CT molecular complexity index is 345. The third-order valence-corrected chi connectivity index (χ3v) is 2.71. The van der Waals surface area contributed by atoms with Crippen LogP contribution in [0.3, 0.4) is 0 Å². The van der Waals surface area contributed by atoms with Gasteiger partial charge in [0.15, 0.2) is 0 Å². The van der Waals surface area contributed by atoms with Crippen LogP contribution in [-0.2, 0) is 4.79 Å². The molecule has 0 aliphatic rings. The highest BCUT2D eigenvalue weighted by Crippen LogP contribution is 2.13. The Morgan fingerprint density at radius 1 is 1.38 bits per heavy atom. The molecule has 0 bridgehead atoms. The van der Waals surface area contributed by atoms with E-state index >= 15 is 0 Å². The van der Waals surface area contributed by atoms with E-state index in [0.717, 1.165) is 5.56 Å². The summed E-state index contributed by atoms with van der Waals surface area (Å²) in [7, 11) is 0. The van der Waals surface area contributed by atoms with E-state index in [0.29, 0.717) is 6.42 Å². The molecule has 1 rings (SSSR count). The molecule has 3 nitrogen and oxygen atoms in total. The van der Waals surface area contributed by atoms with Crippen LogP contribution in [0, 0.1) is 6.92 Å². The van der Waals surface area contributed by atoms with Gasteiger partial charge in [0.2, 0.25) is 5.91 Å². The second kappa shape index (κ2) is 5.66. The second-order valence-corrected chi connectivity index (χ2v) is 4.16. The van der Waals surface area contributed by atoms with Gasteiger partial charge in [0.25, 0.3) is 0 Å². The Hall–Kier alpha value is -1.35. The number of carbonyl (C=O) groups excluding carboxylic acids is 1. The maximum atomic E-state index is 11.6. The highest BCUT2D eigenvalue weighted by molar-refractivity contribution is 5.81. The molecule has 16 heavy (non-hydrogen) atoms. The molecule has 3 heteroatoms. The quantitative estimate of drug-likeness (QED) is 0.814. The molecule has 0 saturated heterocycles. The summed E-state index contributed by atoms with van der Waals surface area (Å²) in [4.78, 5) is 11.6. The zero-order chi connectivity index (χ0) is 12.1. The van der Waals surface area contributed by atoms with Crippen molar-refractivity contribution in [3.8, 4) is 0 Å². The predicted octanol–water partition coefficient (Wildman–Crippen LogP) is 1.91. The molecule has 0 saturated carbocycles. The Morgan fingerprint density at radius 3 is 2.44 bits per heavy atom. The molecule has 0 heterocycles. The highest BCUT2D eigenvalue weighted by Gasteiger charge is 2.14. The molecule has 1 amide bonds. The van der Waals surface area contributed by atoms with E-state index < -0.39 is 6.04 Å². The summed E-state index contributed by atoms with van der Waals surface area (Å²) < 4.78 is 0. The van der Waals surface area contributed by atoms with E-state index in [1.165, 1.54) is 5.56 Å². The molecule has 0 radical (unpaired) electrons. The van der Waals surface area contributed by atoms with Crippen molar-refractivity contribution in [1.82, 2.24) is 5.32 Å². The van der Waals surface area contributed by atoms with E-state index in [9.17, 15) is 4.79 Å². The van der Waals surface area contributed by atoms with Crippen molar-refractivity contribution in [1.29, 1.82) is 0 Å². The normalized spacial score (nSPS) is 14.2. The van der Waals surface area contributed by atoms with Crippen molar-refractivity contribution in [2.45, 2.75) is 39.3 Å². The molecule has 0 spiro atoms. The van der Waals surface area contributed by atoms with Gasteiger partial charge in [0.1, 0.15) is 0 Å². The van der Waals surface area contributed by atoms with Crippen molar-refractivity contribution in [3.05, 3.63) is 35.4 Å². The molecule has 1 aromatic carbocycles. The van der Waals surface area contributed by atoms with Crippen molar-refractivity contribution >= 4 is 5.91 Å². The number of benzene rings is 1. The SMILES string of the molecule is CC[C@@H](N)C(=O)NC(C)c1ccc(C)cc1. The molecule has 88 valence electrons. The smallest absolute Gasteiger partial charge is 0.237 e. The topological polar surface area (TPSA) is 55.1 Å². The minimum atomic E-state index is -0.409. The van der Waals surface area contributed by atoms with Gasteiger partial charge in [-0.1, -0.05) is 36.8 Å². The second-order valence-electron chi connectivity index (χ2n) is 4.16. The molecule has 1 unspecified atom stereocenters. The monoisotopic (exact) mass is 220 g/mol. The lowest BCUT2D eigenvalue weighted by Gasteiger charge is -2.17. The minimum absolute atomic E-state index is 0.00528. The number of carbonyl (C=O) groups is 1. The third-order valence-electron chi connectivity index (χ3n) is 2.71. The average Bonchev–Trinajstić information content (AvgIpc) is 2.28. The minimum Gasteiger partial charge on any atom is -0.348 e. The summed E-state index contributed by atoms with van der Waals surface area (Å²) in [5.74, 6) is -0.0874. The predicted molar refractivity (Wildman–Crippen MR) is 66.0 cm³/mol. The highest BCUT2D eigenvalue weighted by atomic mass is 16.2. The number of nitrogens with two attached hydrogens (primary N) is 1. The average molecular weight is 220 g/mol. The standard InChI is InChI=1S/C13H20N2O/c1-4-12(14)13(16)15-10(3)11-7-5-9(2)6-8-11/h5-8,10,12H,4,14H2,1-3H3,(H,15,16)/t10?,12-/m1/s1. The van der Waals surface area contributed by atoms with Gasteiger partial charge in [-0.2, -0.15) is 0 Å². The van der Waals surface area contributed by atoms with Crippen molar-refractivity contribution < 1.29 is 4.79 Å².